The highest BCUT2D eigenvalue weighted by Crippen LogP contribution is 2.12. The summed E-state index contributed by atoms with van der Waals surface area (Å²) < 4.78 is 2.01. The van der Waals surface area contributed by atoms with Gasteiger partial charge in [0.2, 0.25) is 0 Å². The molecular weight excluding hydrogens is 324 g/mol. The molecule has 0 saturated heterocycles. The van der Waals surface area contributed by atoms with Gasteiger partial charge in [-0.05, 0) is 44.5 Å². The van der Waals surface area contributed by atoms with Crippen LogP contribution in [0.3, 0.4) is 0 Å². The number of aryl methyl sites for hydroxylation is 2. The van der Waals surface area contributed by atoms with Crippen LogP contribution in [0.2, 0.25) is 5.02 Å². The molecule has 0 spiro atoms. The number of rotatable bonds is 7. The molecule has 0 unspecified atom stereocenters. The van der Waals surface area contributed by atoms with Gasteiger partial charge in [-0.15, -0.1) is 0 Å². The highest BCUT2D eigenvalue weighted by atomic mass is 35.5. The van der Waals surface area contributed by atoms with Gasteiger partial charge >= 0.3 is 0 Å². The first-order valence-corrected chi connectivity index (χ1v) is 8.53. The largest absolute Gasteiger partial charge is 0.271 e. The number of halogens is 1. The van der Waals surface area contributed by atoms with Gasteiger partial charge < -0.3 is 0 Å². The van der Waals surface area contributed by atoms with Gasteiger partial charge in [-0.2, -0.15) is 10.2 Å². The molecule has 1 aromatic carbocycles. The van der Waals surface area contributed by atoms with E-state index in [9.17, 15) is 4.79 Å². The smallest absolute Gasteiger partial charge is 0.269 e. The van der Waals surface area contributed by atoms with Crippen molar-refractivity contribution >= 4 is 23.7 Å². The minimum Gasteiger partial charge on any atom is -0.269 e. The quantitative estimate of drug-likeness (QED) is 0.466. The van der Waals surface area contributed by atoms with Gasteiger partial charge in [-0.3, -0.25) is 9.48 Å². The molecule has 0 bridgehead atoms. The fourth-order valence-corrected chi connectivity index (χ4v) is 2.57. The number of nitrogens with one attached hydrogen (secondary N) is 1. The number of hydrogen-bond acceptors (Lipinski definition) is 3. The van der Waals surface area contributed by atoms with E-state index in [1.54, 1.807) is 30.5 Å². The number of unbranched alkanes of at least 4 members (excludes halogenated alkanes) is 2. The van der Waals surface area contributed by atoms with Crippen molar-refractivity contribution < 1.29 is 4.79 Å². The summed E-state index contributed by atoms with van der Waals surface area (Å²) >= 11 is 5.81. The van der Waals surface area contributed by atoms with Crippen molar-refractivity contribution in [3.05, 3.63) is 51.8 Å². The Balaban J connectivity index is 2.01. The molecule has 6 heteroatoms. The fraction of sp³-hybridized carbons (Fsp3) is 0.389. The molecule has 2 rings (SSSR count). The summed E-state index contributed by atoms with van der Waals surface area (Å²) in [4.78, 5) is 12.0. The zero-order valence-electron chi connectivity index (χ0n) is 14.3. The summed E-state index contributed by atoms with van der Waals surface area (Å²) in [6, 6.07) is 6.68. The predicted octanol–water partition coefficient (Wildman–Crippen LogP) is 4.11. The molecule has 0 aliphatic rings. The van der Waals surface area contributed by atoms with Crippen LogP contribution in [0.5, 0.6) is 0 Å². The number of nitrogens with zero attached hydrogens (tertiary/aromatic N) is 3. The first-order chi connectivity index (χ1) is 11.5. The molecule has 5 nitrogen and oxygen atoms in total. The molecule has 0 radical (unpaired) electrons. The van der Waals surface area contributed by atoms with E-state index in [2.05, 4.69) is 22.5 Å². The van der Waals surface area contributed by atoms with Crippen molar-refractivity contribution in [2.45, 2.75) is 46.6 Å². The van der Waals surface area contributed by atoms with E-state index in [1.807, 2.05) is 18.5 Å². The van der Waals surface area contributed by atoms with Crippen LogP contribution in [0.15, 0.2) is 29.4 Å². The molecule has 0 aliphatic carbocycles. The van der Waals surface area contributed by atoms with E-state index in [0.717, 1.165) is 29.9 Å². The van der Waals surface area contributed by atoms with Crippen LogP contribution in [0.4, 0.5) is 0 Å². The molecule has 1 amide bonds. The molecule has 2 aromatic rings. The zero-order chi connectivity index (χ0) is 17.5. The van der Waals surface area contributed by atoms with Gasteiger partial charge in [0, 0.05) is 28.4 Å². The number of hydrazone groups is 1. The molecule has 24 heavy (non-hydrogen) atoms. The van der Waals surface area contributed by atoms with E-state index >= 15 is 0 Å². The van der Waals surface area contributed by atoms with Crippen molar-refractivity contribution in [1.29, 1.82) is 0 Å². The molecule has 0 atom stereocenters. The summed E-state index contributed by atoms with van der Waals surface area (Å²) in [6.45, 7) is 7.06. The van der Waals surface area contributed by atoms with Crippen LogP contribution in [-0.2, 0) is 6.54 Å². The number of carbonyl (C=O) groups is 1. The maximum Gasteiger partial charge on any atom is 0.271 e. The zero-order valence-corrected chi connectivity index (χ0v) is 15.1. The Hall–Kier alpha value is -2.14. The lowest BCUT2D eigenvalue weighted by atomic mass is 10.2. The van der Waals surface area contributed by atoms with Crippen molar-refractivity contribution in [3.8, 4) is 0 Å². The average Bonchev–Trinajstić information content (AvgIpc) is 2.83. The predicted molar refractivity (Wildman–Crippen MR) is 97.7 cm³/mol. The third kappa shape index (κ3) is 4.68. The summed E-state index contributed by atoms with van der Waals surface area (Å²) in [6.07, 6.45) is 5.15. The lowest BCUT2D eigenvalue weighted by Gasteiger charge is -2.03. The Morgan fingerprint density at radius 2 is 2.00 bits per heavy atom. The minimum absolute atomic E-state index is 0.270. The van der Waals surface area contributed by atoms with E-state index in [-0.39, 0.29) is 5.91 Å². The average molecular weight is 347 g/mol. The molecule has 1 N–H and O–H groups in total. The van der Waals surface area contributed by atoms with Crippen LogP contribution in [0.25, 0.3) is 0 Å². The number of amides is 1. The van der Waals surface area contributed by atoms with Crippen molar-refractivity contribution in [1.82, 2.24) is 15.2 Å². The third-order valence-corrected chi connectivity index (χ3v) is 4.13. The van der Waals surface area contributed by atoms with Gasteiger partial charge in [0.15, 0.2) is 0 Å². The van der Waals surface area contributed by atoms with E-state index in [1.165, 1.54) is 12.8 Å². The highest BCUT2D eigenvalue weighted by Gasteiger charge is 2.09. The van der Waals surface area contributed by atoms with Gasteiger partial charge in [-0.25, -0.2) is 5.43 Å². The Morgan fingerprint density at radius 3 is 2.67 bits per heavy atom. The second kappa shape index (κ2) is 8.64. The molecule has 0 saturated carbocycles. The van der Waals surface area contributed by atoms with Crippen molar-refractivity contribution in [2.24, 2.45) is 5.10 Å². The van der Waals surface area contributed by atoms with Crippen LogP contribution in [0, 0.1) is 13.8 Å². The minimum atomic E-state index is -0.270. The highest BCUT2D eigenvalue weighted by molar-refractivity contribution is 6.30. The molecular formula is C18H23ClN4O. The lowest BCUT2D eigenvalue weighted by Crippen LogP contribution is -2.17. The molecule has 0 aliphatic heterocycles. The normalized spacial score (nSPS) is 11.2. The number of aromatic nitrogens is 2. The second-order valence-electron chi connectivity index (χ2n) is 5.72. The SMILES string of the molecule is CCCCCn1nc(C)c(C=NNC(=O)c2ccc(Cl)cc2)c1C. The van der Waals surface area contributed by atoms with Gasteiger partial charge in [0.05, 0.1) is 11.9 Å². The molecule has 0 fully saturated rings. The molecule has 1 heterocycles. The first-order valence-electron chi connectivity index (χ1n) is 8.16. The Morgan fingerprint density at radius 1 is 1.29 bits per heavy atom. The van der Waals surface area contributed by atoms with Crippen molar-refractivity contribution in [3.63, 3.8) is 0 Å². The van der Waals surface area contributed by atoms with E-state index in [4.69, 9.17) is 11.6 Å². The number of benzene rings is 1. The van der Waals surface area contributed by atoms with Crippen LogP contribution < -0.4 is 5.43 Å². The second-order valence-corrected chi connectivity index (χ2v) is 6.16. The van der Waals surface area contributed by atoms with Gasteiger partial charge in [0.1, 0.15) is 0 Å². The third-order valence-electron chi connectivity index (χ3n) is 3.88. The summed E-state index contributed by atoms with van der Waals surface area (Å²) in [5, 5.41) is 9.20. The maximum atomic E-state index is 12.0. The van der Waals surface area contributed by atoms with Gasteiger partial charge in [0.25, 0.3) is 5.91 Å². The van der Waals surface area contributed by atoms with Crippen LogP contribution in [0.1, 0.15) is 53.5 Å². The van der Waals surface area contributed by atoms with E-state index < -0.39 is 0 Å². The maximum absolute atomic E-state index is 12.0. The lowest BCUT2D eigenvalue weighted by molar-refractivity contribution is 0.0955. The Kier molecular flexibility index (Phi) is 6.55. The summed E-state index contributed by atoms with van der Waals surface area (Å²) in [5.74, 6) is -0.270. The Bertz CT molecular complexity index is 719. The van der Waals surface area contributed by atoms with Crippen LogP contribution >= 0.6 is 11.6 Å². The Labute approximate surface area is 147 Å². The summed E-state index contributed by atoms with van der Waals surface area (Å²) in [5.41, 5.74) is 5.97. The fourth-order valence-electron chi connectivity index (χ4n) is 2.45. The molecule has 128 valence electrons. The van der Waals surface area contributed by atoms with E-state index in [0.29, 0.717) is 10.6 Å². The summed E-state index contributed by atoms with van der Waals surface area (Å²) in [7, 11) is 0. The number of carbonyl (C=O) groups excluding carboxylic acids is 1. The molecule has 1 aromatic heterocycles. The number of hydrogen-bond donors (Lipinski definition) is 1. The van der Waals surface area contributed by atoms with Gasteiger partial charge in [-0.1, -0.05) is 31.4 Å². The standard InChI is InChI=1S/C18H23ClN4O/c1-4-5-6-11-23-14(3)17(13(2)22-23)12-20-21-18(24)15-7-9-16(19)10-8-15/h7-10,12H,4-6,11H2,1-3H3,(H,21,24). The topological polar surface area (TPSA) is 59.3 Å². The monoisotopic (exact) mass is 346 g/mol. The first kappa shape index (κ1) is 18.2. The van der Waals surface area contributed by atoms with Crippen molar-refractivity contribution in [2.75, 3.05) is 0 Å². The van der Waals surface area contributed by atoms with Crippen LogP contribution in [-0.4, -0.2) is 21.9 Å².